The van der Waals surface area contributed by atoms with E-state index in [-0.39, 0.29) is 0 Å². The molecule has 2 unspecified atom stereocenters. The first kappa shape index (κ1) is 12.8. The van der Waals surface area contributed by atoms with Gasteiger partial charge in [0.1, 0.15) is 0 Å². The summed E-state index contributed by atoms with van der Waals surface area (Å²) in [6.07, 6.45) is 3.61. The third-order valence-electron chi connectivity index (χ3n) is 4.97. The second-order valence-corrected chi connectivity index (χ2v) is 6.32. The first-order chi connectivity index (χ1) is 10.3. The Labute approximate surface area is 126 Å². The fourth-order valence-corrected chi connectivity index (χ4v) is 3.89. The lowest BCUT2D eigenvalue weighted by molar-refractivity contribution is 0.484. The van der Waals surface area contributed by atoms with E-state index in [0.717, 1.165) is 13.0 Å². The van der Waals surface area contributed by atoms with E-state index >= 15 is 0 Å². The molecular formula is C19H22N2. The molecular weight excluding hydrogens is 256 g/mol. The Balaban J connectivity index is 1.68. The highest BCUT2D eigenvalue weighted by atomic mass is 15.2. The summed E-state index contributed by atoms with van der Waals surface area (Å²) in [6, 6.07) is 18.8. The van der Waals surface area contributed by atoms with Crippen molar-refractivity contribution >= 4 is 11.4 Å². The first-order valence-electron chi connectivity index (χ1n) is 8.01. The van der Waals surface area contributed by atoms with Crippen LogP contribution in [-0.4, -0.2) is 18.6 Å². The maximum Gasteiger partial charge on any atom is 0.0506 e. The molecule has 2 aliphatic rings. The Morgan fingerprint density at radius 1 is 1.00 bits per heavy atom. The molecule has 0 radical (unpaired) electrons. The van der Waals surface area contributed by atoms with Crippen molar-refractivity contribution in [3.63, 3.8) is 0 Å². The van der Waals surface area contributed by atoms with E-state index in [0.29, 0.717) is 12.1 Å². The lowest BCUT2D eigenvalue weighted by Gasteiger charge is -2.44. The normalized spacial score (nSPS) is 24.0. The molecule has 0 aliphatic carbocycles. The van der Waals surface area contributed by atoms with Crippen molar-refractivity contribution < 1.29 is 0 Å². The van der Waals surface area contributed by atoms with Crippen LogP contribution < -0.4 is 10.2 Å². The maximum absolute atomic E-state index is 3.62. The topological polar surface area (TPSA) is 15.3 Å². The van der Waals surface area contributed by atoms with Crippen molar-refractivity contribution in [2.75, 3.05) is 16.8 Å². The summed E-state index contributed by atoms with van der Waals surface area (Å²) in [5, 5.41) is 3.62. The van der Waals surface area contributed by atoms with Gasteiger partial charge in [-0.3, -0.25) is 0 Å². The number of benzene rings is 2. The summed E-state index contributed by atoms with van der Waals surface area (Å²) >= 11 is 0. The molecule has 2 aliphatic heterocycles. The van der Waals surface area contributed by atoms with Crippen molar-refractivity contribution in [1.82, 2.24) is 0 Å². The third-order valence-corrected chi connectivity index (χ3v) is 4.97. The molecule has 0 fully saturated rings. The third kappa shape index (κ3) is 2.19. The highest BCUT2D eigenvalue weighted by molar-refractivity contribution is 5.60. The number of nitrogens with zero attached hydrogens (tertiary/aromatic N) is 1. The molecule has 2 atom stereocenters. The Morgan fingerprint density at radius 2 is 1.76 bits per heavy atom. The van der Waals surface area contributed by atoms with Gasteiger partial charge in [0.25, 0.3) is 0 Å². The summed E-state index contributed by atoms with van der Waals surface area (Å²) in [5.41, 5.74) is 5.72. The highest BCUT2D eigenvalue weighted by Gasteiger charge is 2.31. The molecule has 2 heteroatoms. The van der Waals surface area contributed by atoms with E-state index < -0.39 is 0 Å². The van der Waals surface area contributed by atoms with E-state index in [1.165, 1.54) is 35.3 Å². The molecule has 2 heterocycles. The minimum atomic E-state index is 0.552. The molecule has 0 saturated carbocycles. The molecule has 0 spiro atoms. The van der Waals surface area contributed by atoms with Crippen molar-refractivity contribution in [1.29, 1.82) is 0 Å². The molecule has 108 valence electrons. The molecule has 2 aromatic carbocycles. The van der Waals surface area contributed by atoms with E-state index in [1.54, 1.807) is 0 Å². The molecule has 21 heavy (non-hydrogen) atoms. The first-order valence-corrected chi connectivity index (χ1v) is 8.01. The predicted octanol–water partition coefficient (Wildman–Crippen LogP) is 3.86. The van der Waals surface area contributed by atoms with Gasteiger partial charge in [0, 0.05) is 24.0 Å². The lowest BCUT2D eigenvalue weighted by atomic mass is 9.91. The van der Waals surface area contributed by atoms with Crippen LogP contribution in [0.2, 0.25) is 0 Å². The zero-order valence-electron chi connectivity index (χ0n) is 12.5. The van der Waals surface area contributed by atoms with Crippen molar-refractivity contribution in [3.8, 4) is 0 Å². The van der Waals surface area contributed by atoms with Crippen LogP contribution in [0.5, 0.6) is 0 Å². The highest BCUT2D eigenvalue weighted by Crippen LogP contribution is 2.35. The molecule has 1 N–H and O–H groups in total. The Hall–Kier alpha value is -1.96. The minimum Gasteiger partial charge on any atom is -0.383 e. The quantitative estimate of drug-likeness (QED) is 0.852. The van der Waals surface area contributed by atoms with Gasteiger partial charge in [0.2, 0.25) is 0 Å². The Morgan fingerprint density at radius 3 is 2.67 bits per heavy atom. The van der Waals surface area contributed by atoms with Gasteiger partial charge in [-0.05, 0) is 49.4 Å². The van der Waals surface area contributed by atoms with Crippen LogP contribution in [0.4, 0.5) is 11.4 Å². The Bertz CT molecular complexity index is 650. The lowest BCUT2D eigenvalue weighted by Crippen LogP contribution is -2.50. The smallest absolute Gasteiger partial charge is 0.0506 e. The molecule has 0 saturated heterocycles. The summed E-state index contributed by atoms with van der Waals surface area (Å²) in [5.74, 6) is 0. The maximum atomic E-state index is 3.62. The van der Waals surface area contributed by atoms with E-state index in [1.807, 2.05) is 0 Å². The number of nitrogens with one attached hydrogen (secondary N) is 1. The average Bonchev–Trinajstić information content (AvgIpc) is 2.54. The number of anilines is 2. The fraction of sp³-hybridized carbons (Fsp3) is 0.368. The number of hydrogen-bond donors (Lipinski definition) is 1. The molecule has 4 rings (SSSR count). The van der Waals surface area contributed by atoms with Crippen molar-refractivity contribution in [2.45, 2.75) is 38.3 Å². The van der Waals surface area contributed by atoms with Gasteiger partial charge in [0.05, 0.1) is 6.04 Å². The SMILES string of the molecule is CC1CCc2ccccc2N1C1CNc2ccccc2C1. The van der Waals surface area contributed by atoms with Gasteiger partial charge in [-0.15, -0.1) is 0 Å². The molecule has 2 aromatic rings. The summed E-state index contributed by atoms with van der Waals surface area (Å²) in [7, 11) is 0. The fourth-order valence-electron chi connectivity index (χ4n) is 3.89. The summed E-state index contributed by atoms with van der Waals surface area (Å²) in [6.45, 7) is 3.41. The predicted molar refractivity (Wildman–Crippen MR) is 89.1 cm³/mol. The number of hydrogen-bond acceptors (Lipinski definition) is 2. The van der Waals surface area contributed by atoms with Gasteiger partial charge in [0.15, 0.2) is 0 Å². The van der Waals surface area contributed by atoms with Crippen LogP contribution in [0, 0.1) is 0 Å². The van der Waals surface area contributed by atoms with E-state index in [9.17, 15) is 0 Å². The van der Waals surface area contributed by atoms with Crippen LogP contribution in [-0.2, 0) is 12.8 Å². The summed E-state index contributed by atoms with van der Waals surface area (Å²) < 4.78 is 0. The van der Waals surface area contributed by atoms with E-state index in [4.69, 9.17) is 0 Å². The van der Waals surface area contributed by atoms with Gasteiger partial charge in [-0.1, -0.05) is 36.4 Å². The van der Waals surface area contributed by atoms with Gasteiger partial charge in [-0.2, -0.15) is 0 Å². The zero-order valence-corrected chi connectivity index (χ0v) is 12.5. The second-order valence-electron chi connectivity index (χ2n) is 6.32. The number of aryl methyl sites for hydroxylation is 1. The number of para-hydroxylation sites is 2. The van der Waals surface area contributed by atoms with Gasteiger partial charge in [-0.25, -0.2) is 0 Å². The second kappa shape index (κ2) is 5.10. The van der Waals surface area contributed by atoms with Gasteiger partial charge >= 0.3 is 0 Å². The number of rotatable bonds is 1. The van der Waals surface area contributed by atoms with Crippen molar-refractivity contribution in [2.24, 2.45) is 0 Å². The van der Waals surface area contributed by atoms with Crippen LogP contribution in [0.25, 0.3) is 0 Å². The van der Waals surface area contributed by atoms with Gasteiger partial charge < -0.3 is 10.2 Å². The molecule has 2 nitrogen and oxygen atoms in total. The number of fused-ring (bicyclic) bond motifs is 2. The largest absolute Gasteiger partial charge is 0.383 e. The molecule has 0 amide bonds. The van der Waals surface area contributed by atoms with Crippen molar-refractivity contribution in [3.05, 3.63) is 59.7 Å². The monoisotopic (exact) mass is 278 g/mol. The summed E-state index contributed by atoms with van der Waals surface area (Å²) in [4.78, 5) is 2.65. The van der Waals surface area contributed by atoms with Crippen LogP contribution in [0.1, 0.15) is 24.5 Å². The standard InChI is InChI=1S/C19H22N2/c1-14-10-11-15-6-3-5-9-19(15)21(14)17-12-16-7-2-4-8-18(16)20-13-17/h2-9,14,17,20H,10-13H2,1H3. The van der Waals surface area contributed by atoms with Crippen LogP contribution in [0.15, 0.2) is 48.5 Å². The van der Waals surface area contributed by atoms with E-state index in [2.05, 4.69) is 65.7 Å². The Kier molecular flexibility index (Phi) is 3.10. The van der Waals surface area contributed by atoms with Crippen LogP contribution >= 0.6 is 0 Å². The minimum absolute atomic E-state index is 0.552. The van der Waals surface area contributed by atoms with Crippen LogP contribution in [0.3, 0.4) is 0 Å². The average molecular weight is 278 g/mol. The molecule has 0 bridgehead atoms. The zero-order chi connectivity index (χ0) is 14.2. The molecule has 0 aromatic heterocycles.